The van der Waals surface area contributed by atoms with Crippen LogP contribution in [-0.4, -0.2) is 47.7 Å². The third-order valence-corrected chi connectivity index (χ3v) is 2.47. The van der Waals surface area contributed by atoms with Crippen LogP contribution in [0, 0.1) is 0 Å². The van der Waals surface area contributed by atoms with Gasteiger partial charge in [-0.1, -0.05) is 24.3 Å². The molecule has 0 unspecified atom stereocenters. The van der Waals surface area contributed by atoms with Gasteiger partial charge in [0, 0.05) is 49.8 Å². The van der Waals surface area contributed by atoms with E-state index in [1.54, 1.807) is 48.5 Å². The molecule has 8 N–H and O–H groups in total. The van der Waals surface area contributed by atoms with Gasteiger partial charge in [-0.25, -0.2) is 0 Å². The summed E-state index contributed by atoms with van der Waals surface area (Å²) in [6, 6.07) is 12.8. The molecule has 0 aliphatic rings. The fraction of sp³-hybridized carbons (Fsp3) is 0.143. The van der Waals surface area contributed by atoms with Crippen LogP contribution in [0.15, 0.2) is 48.5 Å². The number of hydrogen-bond acceptors (Lipinski definition) is 6. The second kappa shape index (κ2) is 9.69. The summed E-state index contributed by atoms with van der Waals surface area (Å²) in [5.41, 5.74) is 12.9. The Morgan fingerprint density at radius 1 is 0.571 bits per heavy atom. The quantitative estimate of drug-likeness (QED) is 0.204. The fourth-order valence-electron chi connectivity index (χ4n) is 1.34. The van der Waals surface area contributed by atoms with Gasteiger partial charge >= 0.3 is 0 Å². The van der Waals surface area contributed by atoms with E-state index in [2.05, 4.69) is 0 Å². The topological polar surface area (TPSA) is 133 Å². The first-order valence-corrected chi connectivity index (χ1v) is 5.83. The number of anilines is 2. The zero-order chi connectivity index (χ0) is 15.1. The summed E-state index contributed by atoms with van der Waals surface area (Å²) in [4.78, 5) is 0. The van der Waals surface area contributed by atoms with Crippen LogP contribution in [0.5, 0.6) is 0 Å². The van der Waals surface area contributed by atoms with Crippen LogP contribution < -0.4 is 11.5 Å². The second-order valence-electron chi connectivity index (χ2n) is 4.08. The molecule has 2 rings (SSSR count). The van der Waals surface area contributed by atoms with E-state index in [1.165, 1.54) is 0 Å². The monoisotopic (exact) mass is 486 g/mol. The molecule has 4 radical (unpaired) electrons. The van der Waals surface area contributed by atoms with Crippen molar-refractivity contribution in [1.29, 1.82) is 0 Å². The summed E-state index contributed by atoms with van der Waals surface area (Å²) in [6.45, 7) is 0. The number of aliphatic hydroxyl groups is 4. The molecular weight excluding hydrogens is 467 g/mol. The molecule has 0 amide bonds. The van der Waals surface area contributed by atoms with E-state index in [9.17, 15) is 0 Å². The Balaban J connectivity index is 0.000000364. The average Bonchev–Trinajstić information content (AvgIpc) is 2.40. The Kier molecular flexibility index (Phi) is 9.13. The maximum atomic E-state index is 8.63. The molecule has 0 atom stereocenters. The third kappa shape index (κ3) is 7.39. The second-order valence-corrected chi connectivity index (χ2v) is 4.08. The van der Waals surface area contributed by atoms with Crippen molar-refractivity contribution < 1.29 is 20.4 Å². The molecule has 7 heteroatoms. The zero-order valence-electron chi connectivity index (χ0n) is 11.2. The summed E-state index contributed by atoms with van der Waals surface area (Å²) < 4.78 is 0. The maximum Gasteiger partial charge on any atom is 0.178 e. The molecule has 0 aromatic heterocycles. The van der Waals surface area contributed by atoms with Gasteiger partial charge in [-0.15, -0.1) is 0 Å². The first-order valence-electron chi connectivity index (χ1n) is 5.83. The minimum atomic E-state index is -1.40. The Labute approximate surface area is 142 Å². The van der Waals surface area contributed by atoms with Gasteiger partial charge in [-0.2, -0.15) is 0 Å². The molecule has 0 bridgehead atoms. The smallest absolute Gasteiger partial charge is 0.178 e. The van der Waals surface area contributed by atoms with Crippen molar-refractivity contribution in [3.63, 3.8) is 0 Å². The summed E-state index contributed by atoms with van der Waals surface area (Å²) >= 11 is 0. The standard InChI is InChI=1S/2C7H9NO2.Pb/c2*8-6-3-1-5(2-4-6)7(9)10;/h2*1-4,7,9-10H,8H2;. The number of rotatable bonds is 2. The fourth-order valence-corrected chi connectivity index (χ4v) is 1.34. The molecule has 6 nitrogen and oxygen atoms in total. The molecule has 2 aromatic carbocycles. The predicted octanol–water partition coefficient (Wildman–Crippen LogP) is 0.123. The van der Waals surface area contributed by atoms with Gasteiger partial charge in [0.05, 0.1) is 0 Å². The minimum Gasteiger partial charge on any atom is -0.399 e. The molecule has 0 aliphatic carbocycles. The Bertz CT molecular complexity index is 466. The van der Waals surface area contributed by atoms with Crippen LogP contribution in [0.4, 0.5) is 11.4 Å². The predicted molar refractivity (Wildman–Crippen MR) is 81.8 cm³/mol. The van der Waals surface area contributed by atoms with Crippen molar-refractivity contribution in [3.05, 3.63) is 59.7 Å². The van der Waals surface area contributed by atoms with Crippen LogP contribution in [0.2, 0.25) is 0 Å². The summed E-state index contributed by atoms with van der Waals surface area (Å²) in [7, 11) is 0. The normalized spacial score (nSPS) is 9.81. The van der Waals surface area contributed by atoms with Crippen molar-refractivity contribution in [1.82, 2.24) is 0 Å². The van der Waals surface area contributed by atoms with Gasteiger partial charge in [0.15, 0.2) is 12.6 Å². The Morgan fingerprint density at radius 3 is 1.00 bits per heavy atom. The first-order chi connectivity index (χ1) is 9.40. The molecule has 2 aromatic rings. The first kappa shape index (κ1) is 19.8. The molecule has 21 heavy (non-hydrogen) atoms. The van der Waals surface area contributed by atoms with Crippen LogP contribution in [0.3, 0.4) is 0 Å². The molecule has 0 aliphatic heterocycles. The third-order valence-electron chi connectivity index (χ3n) is 2.47. The van der Waals surface area contributed by atoms with E-state index >= 15 is 0 Å². The van der Waals surface area contributed by atoms with Crippen LogP contribution in [0.25, 0.3) is 0 Å². The van der Waals surface area contributed by atoms with E-state index in [1.807, 2.05) is 0 Å². The number of nitrogens with two attached hydrogens (primary N) is 2. The van der Waals surface area contributed by atoms with Crippen LogP contribution in [0.1, 0.15) is 23.7 Å². The number of hydrogen-bond donors (Lipinski definition) is 6. The number of benzene rings is 2. The summed E-state index contributed by atoms with van der Waals surface area (Å²) in [5.74, 6) is 0. The SMILES string of the molecule is Nc1ccc(C(O)O)cc1.Nc1ccc(C(O)O)cc1.[Pb]. The number of nitrogen functional groups attached to an aromatic ring is 2. The molecule has 0 saturated carbocycles. The maximum absolute atomic E-state index is 8.63. The van der Waals surface area contributed by atoms with Gasteiger partial charge in [0.25, 0.3) is 0 Å². The van der Waals surface area contributed by atoms with Gasteiger partial charge < -0.3 is 31.9 Å². The molecule has 112 valence electrons. The Hall–Kier alpha value is -1.20. The molecule has 0 saturated heterocycles. The van der Waals surface area contributed by atoms with E-state index in [0.29, 0.717) is 22.5 Å². The summed E-state index contributed by atoms with van der Waals surface area (Å²) in [5, 5.41) is 34.5. The summed E-state index contributed by atoms with van der Waals surface area (Å²) in [6.07, 6.45) is -2.80. The molecular formula is C14H18N2O4Pb. The average molecular weight is 486 g/mol. The van der Waals surface area contributed by atoms with Gasteiger partial charge in [-0.05, 0) is 24.3 Å². The van der Waals surface area contributed by atoms with Crippen molar-refractivity contribution in [2.75, 3.05) is 11.5 Å². The zero-order valence-corrected chi connectivity index (χ0v) is 15.1. The minimum absolute atomic E-state index is 0. The van der Waals surface area contributed by atoms with E-state index < -0.39 is 12.6 Å². The van der Waals surface area contributed by atoms with Crippen molar-refractivity contribution in [2.24, 2.45) is 0 Å². The largest absolute Gasteiger partial charge is 0.399 e. The molecule has 0 fully saturated rings. The van der Waals surface area contributed by atoms with Crippen molar-refractivity contribution in [2.45, 2.75) is 12.6 Å². The van der Waals surface area contributed by atoms with Gasteiger partial charge in [0.2, 0.25) is 0 Å². The van der Waals surface area contributed by atoms with Crippen molar-refractivity contribution in [3.8, 4) is 0 Å². The van der Waals surface area contributed by atoms with E-state index in [0.717, 1.165) is 0 Å². The Morgan fingerprint density at radius 2 is 0.810 bits per heavy atom. The van der Waals surface area contributed by atoms with Crippen molar-refractivity contribution >= 4 is 38.7 Å². The van der Waals surface area contributed by atoms with E-state index in [4.69, 9.17) is 31.9 Å². The van der Waals surface area contributed by atoms with E-state index in [-0.39, 0.29) is 27.3 Å². The van der Waals surface area contributed by atoms with Crippen LogP contribution >= 0.6 is 0 Å². The molecule has 0 heterocycles. The van der Waals surface area contributed by atoms with Gasteiger partial charge in [0.1, 0.15) is 0 Å². The number of aliphatic hydroxyl groups excluding tert-OH is 2. The van der Waals surface area contributed by atoms with Gasteiger partial charge in [-0.3, -0.25) is 0 Å². The molecule has 0 spiro atoms. The van der Waals surface area contributed by atoms with Crippen LogP contribution in [-0.2, 0) is 0 Å².